The van der Waals surface area contributed by atoms with Gasteiger partial charge < -0.3 is 14.8 Å². The quantitative estimate of drug-likeness (QED) is 0.561. The molecule has 0 amide bonds. The molecular weight excluding hydrogens is 282 g/mol. The fourth-order valence-corrected chi connectivity index (χ4v) is 1.87. The molecule has 1 unspecified atom stereocenters. The Bertz CT molecular complexity index is 496. The third-order valence-electron chi connectivity index (χ3n) is 3.13. The normalized spacial score (nSPS) is 11.4. The Labute approximate surface area is 131 Å². The van der Waals surface area contributed by atoms with Gasteiger partial charge in [-0.3, -0.25) is 4.79 Å². The smallest absolute Gasteiger partial charge is 0.347 e. The van der Waals surface area contributed by atoms with E-state index in [2.05, 4.69) is 16.6 Å². The maximum Gasteiger partial charge on any atom is 0.347 e. The molecule has 0 spiro atoms. The number of methoxy groups -OCH3 is 1. The SMILES string of the molecule is C=CCNc1ccc(CCC(=O)OC(CC)C(=O)OC)cc1. The lowest BCUT2D eigenvalue weighted by atomic mass is 10.1. The summed E-state index contributed by atoms with van der Waals surface area (Å²) < 4.78 is 9.70. The molecule has 5 heteroatoms. The van der Waals surface area contributed by atoms with E-state index in [-0.39, 0.29) is 6.42 Å². The molecule has 1 aromatic carbocycles. The van der Waals surface area contributed by atoms with Crippen molar-refractivity contribution in [3.63, 3.8) is 0 Å². The number of carbonyl (C=O) groups excluding carboxylic acids is 2. The molecule has 0 saturated heterocycles. The third-order valence-corrected chi connectivity index (χ3v) is 3.13. The number of rotatable bonds is 9. The zero-order valence-electron chi connectivity index (χ0n) is 13.1. The van der Waals surface area contributed by atoms with Gasteiger partial charge in [-0.1, -0.05) is 25.1 Å². The summed E-state index contributed by atoms with van der Waals surface area (Å²) in [5, 5.41) is 3.18. The highest BCUT2D eigenvalue weighted by molar-refractivity contribution is 5.79. The van der Waals surface area contributed by atoms with Gasteiger partial charge in [0.1, 0.15) is 0 Å². The summed E-state index contributed by atoms with van der Waals surface area (Å²) in [6.07, 6.45) is 2.17. The van der Waals surface area contributed by atoms with E-state index in [1.54, 1.807) is 13.0 Å². The van der Waals surface area contributed by atoms with E-state index in [9.17, 15) is 9.59 Å². The molecule has 1 N–H and O–H groups in total. The van der Waals surface area contributed by atoms with E-state index in [1.165, 1.54) is 7.11 Å². The zero-order chi connectivity index (χ0) is 16.4. The molecule has 120 valence electrons. The monoisotopic (exact) mass is 305 g/mol. The van der Waals surface area contributed by atoms with E-state index < -0.39 is 18.0 Å². The highest BCUT2D eigenvalue weighted by atomic mass is 16.6. The number of nitrogens with one attached hydrogen (secondary N) is 1. The molecule has 1 rings (SSSR count). The van der Waals surface area contributed by atoms with Gasteiger partial charge in [0.15, 0.2) is 6.10 Å². The minimum atomic E-state index is -0.817. The number of aryl methyl sites for hydroxylation is 1. The van der Waals surface area contributed by atoms with Crippen molar-refractivity contribution in [3.05, 3.63) is 42.5 Å². The molecule has 0 radical (unpaired) electrons. The molecule has 1 aromatic rings. The molecule has 0 fully saturated rings. The average Bonchev–Trinajstić information content (AvgIpc) is 2.56. The molecule has 5 nitrogen and oxygen atoms in total. The number of benzene rings is 1. The van der Waals surface area contributed by atoms with E-state index in [0.29, 0.717) is 19.4 Å². The van der Waals surface area contributed by atoms with E-state index >= 15 is 0 Å². The molecule has 0 aliphatic rings. The standard InChI is InChI=1S/C17H23NO4/c1-4-12-18-14-9-6-13(7-10-14)8-11-16(19)22-15(5-2)17(20)21-3/h4,6-7,9-10,15,18H,1,5,8,11-12H2,2-3H3. The first-order valence-corrected chi connectivity index (χ1v) is 7.31. The number of hydrogen-bond donors (Lipinski definition) is 1. The molecule has 0 aliphatic carbocycles. The maximum atomic E-state index is 11.8. The van der Waals surface area contributed by atoms with Crippen molar-refractivity contribution in [2.75, 3.05) is 19.0 Å². The van der Waals surface area contributed by atoms with Gasteiger partial charge in [0.05, 0.1) is 7.11 Å². The summed E-state index contributed by atoms with van der Waals surface area (Å²) in [5.74, 6) is -0.917. The Morgan fingerprint density at radius 3 is 2.55 bits per heavy atom. The molecule has 0 aliphatic heterocycles. The number of anilines is 1. The predicted octanol–water partition coefficient (Wildman–Crippen LogP) is 2.71. The molecule has 0 bridgehead atoms. The van der Waals surface area contributed by atoms with Crippen molar-refractivity contribution < 1.29 is 19.1 Å². The van der Waals surface area contributed by atoms with Gasteiger partial charge in [0, 0.05) is 18.7 Å². The lowest BCUT2D eigenvalue weighted by Gasteiger charge is -2.13. The van der Waals surface area contributed by atoms with Gasteiger partial charge in [-0.25, -0.2) is 4.79 Å². The van der Waals surface area contributed by atoms with Crippen LogP contribution >= 0.6 is 0 Å². The zero-order valence-corrected chi connectivity index (χ0v) is 13.1. The van der Waals surface area contributed by atoms with Crippen LogP contribution < -0.4 is 5.32 Å². The predicted molar refractivity (Wildman–Crippen MR) is 85.6 cm³/mol. The highest BCUT2D eigenvalue weighted by Gasteiger charge is 2.21. The minimum Gasteiger partial charge on any atom is -0.466 e. The van der Waals surface area contributed by atoms with E-state index in [0.717, 1.165) is 11.3 Å². The van der Waals surface area contributed by atoms with Crippen molar-refractivity contribution in [3.8, 4) is 0 Å². The largest absolute Gasteiger partial charge is 0.466 e. The van der Waals surface area contributed by atoms with Crippen LogP contribution in [0.15, 0.2) is 36.9 Å². The van der Waals surface area contributed by atoms with Crippen LogP contribution in [0.1, 0.15) is 25.3 Å². The van der Waals surface area contributed by atoms with E-state index in [4.69, 9.17) is 4.74 Å². The van der Waals surface area contributed by atoms with Crippen LogP contribution in [0.2, 0.25) is 0 Å². The van der Waals surface area contributed by atoms with Crippen LogP contribution in [0.4, 0.5) is 5.69 Å². The van der Waals surface area contributed by atoms with Gasteiger partial charge in [0.25, 0.3) is 0 Å². The van der Waals surface area contributed by atoms with Gasteiger partial charge >= 0.3 is 11.9 Å². The first kappa shape index (κ1) is 17.8. The number of esters is 2. The van der Waals surface area contributed by atoms with Crippen LogP contribution in [0, 0.1) is 0 Å². The Hall–Kier alpha value is -2.30. The first-order valence-electron chi connectivity index (χ1n) is 7.31. The minimum absolute atomic E-state index is 0.229. The fraction of sp³-hybridized carbons (Fsp3) is 0.412. The molecule has 0 heterocycles. The van der Waals surface area contributed by atoms with Crippen LogP contribution in [-0.4, -0.2) is 31.7 Å². The van der Waals surface area contributed by atoms with Gasteiger partial charge in [0.2, 0.25) is 0 Å². The molecular formula is C17H23NO4. The average molecular weight is 305 g/mol. The fourth-order valence-electron chi connectivity index (χ4n) is 1.87. The number of ether oxygens (including phenoxy) is 2. The Morgan fingerprint density at radius 1 is 1.32 bits per heavy atom. The second kappa shape index (κ2) is 9.60. The van der Waals surface area contributed by atoms with Crippen molar-refractivity contribution >= 4 is 17.6 Å². The summed E-state index contributed by atoms with van der Waals surface area (Å²) in [4.78, 5) is 23.1. The number of hydrogen-bond acceptors (Lipinski definition) is 5. The second-order valence-corrected chi connectivity index (χ2v) is 4.78. The molecule has 0 saturated carbocycles. The lowest BCUT2D eigenvalue weighted by molar-refractivity contribution is -0.166. The summed E-state index contributed by atoms with van der Waals surface area (Å²) in [6.45, 7) is 6.12. The highest BCUT2D eigenvalue weighted by Crippen LogP contribution is 2.12. The Morgan fingerprint density at radius 2 is 2.00 bits per heavy atom. The summed E-state index contributed by atoms with van der Waals surface area (Å²) >= 11 is 0. The maximum absolute atomic E-state index is 11.8. The van der Waals surface area contributed by atoms with Crippen LogP contribution in [-0.2, 0) is 25.5 Å². The van der Waals surface area contributed by atoms with Gasteiger partial charge in [-0.05, 0) is 30.5 Å². The van der Waals surface area contributed by atoms with Crippen LogP contribution in [0.5, 0.6) is 0 Å². The summed E-state index contributed by atoms with van der Waals surface area (Å²) in [6, 6.07) is 7.81. The molecule has 22 heavy (non-hydrogen) atoms. The van der Waals surface area contributed by atoms with Crippen molar-refractivity contribution in [2.24, 2.45) is 0 Å². The Kier molecular flexibility index (Phi) is 7.75. The third kappa shape index (κ3) is 5.99. The lowest BCUT2D eigenvalue weighted by Crippen LogP contribution is -2.27. The molecule has 1 atom stereocenters. The van der Waals surface area contributed by atoms with Crippen LogP contribution in [0.3, 0.4) is 0 Å². The topological polar surface area (TPSA) is 64.6 Å². The first-order chi connectivity index (χ1) is 10.6. The van der Waals surface area contributed by atoms with Crippen molar-refractivity contribution in [2.45, 2.75) is 32.3 Å². The number of carbonyl (C=O) groups is 2. The Balaban J connectivity index is 2.43. The van der Waals surface area contributed by atoms with Gasteiger partial charge in [-0.2, -0.15) is 0 Å². The summed E-state index contributed by atoms with van der Waals surface area (Å²) in [7, 11) is 1.28. The van der Waals surface area contributed by atoms with Crippen molar-refractivity contribution in [1.82, 2.24) is 0 Å². The van der Waals surface area contributed by atoms with Crippen molar-refractivity contribution in [1.29, 1.82) is 0 Å². The van der Waals surface area contributed by atoms with Gasteiger partial charge in [-0.15, -0.1) is 6.58 Å². The summed E-state index contributed by atoms with van der Waals surface area (Å²) in [5.41, 5.74) is 2.04. The molecule has 0 aromatic heterocycles. The second-order valence-electron chi connectivity index (χ2n) is 4.78. The van der Waals surface area contributed by atoms with Crippen LogP contribution in [0.25, 0.3) is 0 Å². The van der Waals surface area contributed by atoms with E-state index in [1.807, 2.05) is 24.3 Å².